The van der Waals surface area contributed by atoms with E-state index in [1.807, 2.05) is 20.8 Å². The van der Waals surface area contributed by atoms with Crippen LogP contribution in [-0.2, 0) is 9.47 Å². The summed E-state index contributed by atoms with van der Waals surface area (Å²) in [6, 6.07) is 0. The van der Waals surface area contributed by atoms with E-state index in [1.54, 1.807) is 14.0 Å². The molecule has 16 heavy (non-hydrogen) atoms. The Kier molecular flexibility index (Phi) is 5.94. The Balaban J connectivity index is 4.18. The predicted octanol–water partition coefficient (Wildman–Crippen LogP) is 2.76. The zero-order valence-electron chi connectivity index (χ0n) is 11.8. The molecule has 0 aliphatic carbocycles. The Morgan fingerprint density at radius 3 is 1.88 bits per heavy atom. The van der Waals surface area contributed by atoms with Crippen LogP contribution in [0.2, 0.25) is 0 Å². The van der Waals surface area contributed by atoms with Crippen molar-refractivity contribution in [3.05, 3.63) is 0 Å². The molecule has 0 aromatic rings. The minimum Gasteiger partial charge on any atom is -0.393 e. The number of aliphatic hydroxyl groups is 1. The maximum absolute atomic E-state index is 9.37. The Bertz CT molecular complexity index is 197. The van der Waals surface area contributed by atoms with E-state index in [1.165, 1.54) is 0 Å². The van der Waals surface area contributed by atoms with Gasteiger partial charge in [0.15, 0.2) is 0 Å². The minimum absolute atomic E-state index is 0.115. The monoisotopic (exact) mass is 232 g/mol. The average molecular weight is 232 g/mol. The van der Waals surface area contributed by atoms with Crippen LogP contribution in [-0.4, -0.2) is 35.6 Å². The first-order valence-electron chi connectivity index (χ1n) is 5.99. The number of hydrogen-bond acceptors (Lipinski definition) is 3. The summed E-state index contributed by atoms with van der Waals surface area (Å²) in [6.07, 6.45) is 1.26. The lowest BCUT2D eigenvalue weighted by molar-refractivity contribution is -0.112. The van der Waals surface area contributed by atoms with Gasteiger partial charge in [-0.05, 0) is 41.5 Å². The first-order valence-corrected chi connectivity index (χ1v) is 5.99. The molecule has 2 atom stereocenters. The largest absolute Gasteiger partial charge is 0.393 e. The second-order valence-electron chi connectivity index (χ2n) is 5.91. The van der Waals surface area contributed by atoms with E-state index < -0.39 is 0 Å². The number of rotatable bonds is 7. The average Bonchev–Trinajstić information content (AvgIpc) is 1.98. The topological polar surface area (TPSA) is 38.7 Å². The second kappa shape index (κ2) is 5.99. The molecule has 0 radical (unpaired) electrons. The van der Waals surface area contributed by atoms with E-state index in [0.717, 1.165) is 6.42 Å². The van der Waals surface area contributed by atoms with Crippen molar-refractivity contribution in [1.82, 2.24) is 0 Å². The summed E-state index contributed by atoms with van der Waals surface area (Å²) < 4.78 is 11.3. The molecule has 0 heterocycles. The summed E-state index contributed by atoms with van der Waals surface area (Å²) in [5, 5.41) is 9.37. The molecule has 0 saturated heterocycles. The second-order valence-corrected chi connectivity index (χ2v) is 5.91. The van der Waals surface area contributed by atoms with E-state index >= 15 is 0 Å². The molecule has 0 rings (SSSR count). The molecule has 0 aliphatic heterocycles. The van der Waals surface area contributed by atoms with Crippen LogP contribution in [0, 0.1) is 0 Å². The maximum Gasteiger partial charge on any atom is 0.0654 e. The lowest BCUT2D eigenvalue weighted by atomic mass is 9.98. The fourth-order valence-corrected chi connectivity index (χ4v) is 2.12. The van der Waals surface area contributed by atoms with Crippen LogP contribution in [0.3, 0.4) is 0 Å². The van der Waals surface area contributed by atoms with Crippen molar-refractivity contribution in [2.24, 2.45) is 0 Å². The van der Waals surface area contributed by atoms with Crippen molar-refractivity contribution in [2.75, 3.05) is 7.11 Å². The molecule has 3 heteroatoms. The Morgan fingerprint density at radius 1 is 1.00 bits per heavy atom. The third-order valence-corrected chi connectivity index (χ3v) is 2.64. The maximum atomic E-state index is 9.37. The van der Waals surface area contributed by atoms with Crippen LogP contribution in [0.25, 0.3) is 0 Å². The van der Waals surface area contributed by atoms with Gasteiger partial charge in [-0.1, -0.05) is 0 Å². The molecule has 0 aromatic carbocycles. The van der Waals surface area contributed by atoms with Crippen molar-refractivity contribution in [2.45, 2.75) is 77.8 Å². The number of aliphatic hydroxyl groups excluding tert-OH is 1. The molecule has 98 valence electrons. The summed E-state index contributed by atoms with van der Waals surface area (Å²) in [4.78, 5) is 0. The zero-order valence-corrected chi connectivity index (χ0v) is 11.8. The zero-order chi connectivity index (χ0) is 13.0. The van der Waals surface area contributed by atoms with E-state index in [4.69, 9.17) is 9.47 Å². The molecule has 0 fully saturated rings. The van der Waals surface area contributed by atoms with Crippen LogP contribution in [0.4, 0.5) is 0 Å². The lowest BCUT2D eigenvalue weighted by Gasteiger charge is -2.34. The summed E-state index contributed by atoms with van der Waals surface area (Å²) in [5.74, 6) is 0. The van der Waals surface area contributed by atoms with Gasteiger partial charge in [0.1, 0.15) is 0 Å². The summed E-state index contributed by atoms with van der Waals surface area (Å²) in [6.45, 7) is 12.0. The van der Waals surface area contributed by atoms with E-state index in [0.29, 0.717) is 6.42 Å². The smallest absolute Gasteiger partial charge is 0.0654 e. The molecule has 0 saturated carbocycles. The van der Waals surface area contributed by atoms with E-state index in [9.17, 15) is 5.11 Å². The molecule has 0 amide bonds. The molecule has 0 spiro atoms. The summed E-state index contributed by atoms with van der Waals surface area (Å²) in [7, 11) is 1.72. The molecule has 0 bridgehead atoms. The van der Waals surface area contributed by atoms with Crippen LogP contribution >= 0.6 is 0 Å². The highest BCUT2D eigenvalue weighted by molar-refractivity contribution is 4.77. The number of hydrogen-bond donors (Lipinski definition) is 1. The van der Waals surface area contributed by atoms with Crippen molar-refractivity contribution in [3.63, 3.8) is 0 Å². The van der Waals surface area contributed by atoms with Gasteiger partial charge in [0.2, 0.25) is 0 Å². The molecule has 2 unspecified atom stereocenters. The van der Waals surface area contributed by atoms with Crippen molar-refractivity contribution in [3.8, 4) is 0 Å². The van der Waals surface area contributed by atoms with Gasteiger partial charge in [-0.2, -0.15) is 0 Å². The van der Waals surface area contributed by atoms with Gasteiger partial charge in [0, 0.05) is 20.0 Å². The SMILES string of the molecule is COC(C)(C)CC(C)OC(C)(C)CC(C)O. The first kappa shape index (κ1) is 15.9. The normalized spacial score (nSPS) is 17.2. The van der Waals surface area contributed by atoms with Crippen LogP contribution in [0.15, 0.2) is 0 Å². The predicted molar refractivity (Wildman–Crippen MR) is 66.6 cm³/mol. The van der Waals surface area contributed by atoms with Crippen LogP contribution < -0.4 is 0 Å². The van der Waals surface area contributed by atoms with Crippen molar-refractivity contribution in [1.29, 1.82) is 0 Å². The Labute approximate surface area is 100 Å². The Morgan fingerprint density at radius 2 is 1.50 bits per heavy atom. The Hall–Kier alpha value is -0.120. The van der Waals surface area contributed by atoms with Gasteiger partial charge in [-0.25, -0.2) is 0 Å². The standard InChI is InChI=1S/C13H28O3/c1-10(14)8-13(5,6)16-11(2)9-12(3,4)15-7/h10-11,14H,8-9H2,1-7H3. The highest BCUT2D eigenvalue weighted by atomic mass is 16.5. The minimum atomic E-state index is -0.336. The van der Waals surface area contributed by atoms with Gasteiger partial charge in [-0.3, -0.25) is 0 Å². The van der Waals surface area contributed by atoms with Crippen LogP contribution in [0.5, 0.6) is 0 Å². The molecular formula is C13H28O3. The quantitative estimate of drug-likeness (QED) is 0.733. The van der Waals surface area contributed by atoms with Crippen molar-refractivity contribution < 1.29 is 14.6 Å². The lowest BCUT2D eigenvalue weighted by Crippen LogP contribution is -2.36. The van der Waals surface area contributed by atoms with Gasteiger partial charge in [0.25, 0.3) is 0 Å². The van der Waals surface area contributed by atoms with Gasteiger partial charge in [0.05, 0.1) is 23.4 Å². The summed E-state index contributed by atoms with van der Waals surface area (Å²) in [5.41, 5.74) is -0.461. The summed E-state index contributed by atoms with van der Waals surface area (Å²) >= 11 is 0. The third-order valence-electron chi connectivity index (χ3n) is 2.64. The van der Waals surface area contributed by atoms with E-state index in [2.05, 4.69) is 13.8 Å². The van der Waals surface area contributed by atoms with Gasteiger partial charge >= 0.3 is 0 Å². The molecule has 0 aliphatic rings. The van der Waals surface area contributed by atoms with Crippen molar-refractivity contribution >= 4 is 0 Å². The highest BCUT2D eigenvalue weighted by Crippen LogP contribution is 2.24. The van der Waals surface area contributed by atoms with Crippen LogP contribution in [0.1, 0.15) is 54.4 Å². The van der Waals surface area contributed by atoms with Gasteiger partial charge in [-0.15, -0.1) is 0 Å². The molecule has 3 nitrogen and oxygen atoms in total. The number of ether oxygens (including phenoxy) is 2. The molecule has 0 aromatic heterocycles. The molecule has 1 N–H and O–H groups in total. The molecular weight excluding hydrogens is 204 g/mol. The van der Waals surface area contributed by atoms with Gasteiger partial charge < -0.3 is 14.6 Å². The number of methoxy groups -OCH3 is 1. The fraction of sp³-hybridized carbons (Fsp3) is 1.00. The third kappa shape index (κ3) is 7.20. The fourth-order valence-electron chi connectivity index (χ4n) is 2.12. The highest BCUT2D eigenvalue weighted by Gasteiger charge is 2.27. The van der Waals surface area contributed by atoms with E-state index in [-0.39, 0.29) is 23.4 Å². The first-order chi connectivity index (χ1) is 7.08.